The van der Waals surface area contributed by atoms with Crippen LogP contribution in [0.5, 0.6) is 0 Å². The Balaban J connectivity index is 2.17. The number of hydrogen-bond acceptors (Lipinski definition) is 4. The molecule has 1 fully saturated rings. The number of nitrogens with one attached hydrogen (secondary N) is 1. The lowest BCUT2D eigenvalue weighted by molar-refractivity contribution is -0.113. The van der Waals surface area contributed by atoms with Crippen LogP contribution in [0.3, 0.4) is 0 Å². The standard InChI is InChI=1S/C15H19IN4O3/c1-18-12-7-10(17-14(21)9-16)11(20-3-5-23-6-4-20)8-13(12)19(2)15(18)22/h7-8H,3-6,9H2,1-2H3,(H,17,21). The number of carbonyl (C=O) groups excluding carboxylic acids is 1. The van der Waals surface area contributed by atoms with Gasteiger partial charge in [0.1, 0.15) is 0 Å². The number of aryl methyl sites for hydroxylation is 2. The van der Waals surface area contributed by atoms with Crippen LogP contribution in [0.4, 0.5) is 11.4 Å². The molecule has 1 saturated heterocycles. The SMILES string of the molecule is Cn1c(=O)n(C)c2cc(N3CCOCC3)c(NC(=O)CI)cc21. The Morgan fingerprint density at radius 2 is 1.83 bits per heavy atom. The highest BCUT2D eigenvalue weighted by atomic mass is 127. The summed E-state index contributed by atoms with van der Waals surface area (Å²) in [7, 11) is 3.50. The van der Waals surface area contributed by atoms with Gasteiger partial charge in [0.25, 0.3) is 0 Å². The zero-order valence-electron chi connectivity index (χ0n) is 13.1. The van der Waals surface area contributed by atoms with Gasteiger partial charge in [-0.1, -0.05) is 22.6 Å². The minimum absolute atomic E-state index is 0.0552. The lowest BCUT2D eigenvalue weighted by atomic mass is 10.2. The number of alkyl halides is 1. The smallest absolute Gasteiger partial charge is 0.328 e. The molecule has 7 nitrogen and oxygen atoms in total. The summed E-state index contributed by atoms with van der Waals surface area (Å²) in [6.45, 7) is 2.84. The Labute approximate surface area is 147 Å². The van der Waals surface area contributed by atoms with Gasteiger partial charge >= 0.3 is 5.69 Å². The van der Waals surface area contributed by atoms with Crippen LogP contribution in [0, 0.1) is 0 Å². The third kappa shape index (κ3) is 2.97. The second-order valence-electron chi connectivity index (χ2n) is 5.54. The number of amides is 1. The quantitative estimate of drug-likeness (QED) is 0.585. The molecule has 1 aromatic heterocycles. The summed E-state index contributed by atoms with van der Waals surface area (Å²) >= 11 is 2.04. The van der Waals surface area contributed by atoms with E-state index in [4.69, 9.17) is 4.74 Å². The molecule has 2 aromatic rings. The molecule has 0 radical (unpaired) electrons. The van der Waals surface area contributed by atoms with Crippen molar-refractivity contribution in [1.82, 2.24) is 9.13 Å². The van der Waals surface area contributed by atoms with Crippen LogP contribution in [-0.2, 0) is 23.6 Å². The molecule has 1 aromatic carbocycles. The van der Waals surface area contributed by atoms with Gasteiger partial charge in [0.05, 0.1) is 40.0 Å². The molecule has 0 saturated carbocycles. The molecule has 2 heterocycles. The summed E-state index contributed by atoms with van der Waals surface area (Å²) in [5, 5.41) is 2.95. The Morgan fingerprint density at radius 1 is 1.22 bits per heavy atom. The van der Waals surface area contributed by atoms with Gasteiger partial charge in [0.2, 0.25) is 5.91 Å². The number of halogens is 1. The molecule has 1 amide bonds. The molecule has 0 atom stereocenters. The molecule has 0 spiro atoms. The predicted molar refractivity (Wildman–Crippen MR) is 98.7 cm³/mol. The number of hydrogen-bond donors (Lipinski definition) is 1. The second-order valence-corrected chi connectivity index (χ2v) is 6.30. The van der Waals surface area contributed by atoms with Crippen LogP contribution in [-0.4, -0.2) is 45.8 Å². The summed E-state index contributed by atoms with van der Waals surface area (Å²) in [5.41, 5.74) is 3.25. The number of morpholine rings is 1. The van der Waals surface area contributed by atoms with Crippen molar-refractivity contribution in [3.05, 3.63) is 22.6 Å². The summed E-state index contributed by atoms with van der Waals surface area (Å²) < 4.78 is 9.01. The van der Waals surface area contributed by atoms with Gasteiger partial charge in [-0.3, -0.25) is 13.9 Å². The first-order valence-corrected chi connectivity index (χ1v) is 8.93. The van der Waals surface area contributed by atoms with Crippen LogP contribution in [0.2, 0.25) is 0 Å². The number of carbonyl (C=O) groups is 1. The molecule has 0 unspecified atom stereocenters. The number of benzene rings is 1. The van der Waals surface area contributed by atoms with Crippen molar-refractivity contribution in [2.45, 2.75) is 0 Å². The van der Waals surface area contributed by atoms with E-state index in [0.717, 1.165) is 35.5 Å². The number of imidazole rings is 1. The molecular weight excluding hydrogens is 411 g/mol. The van der Waals surface area contributed by atoms with Gasteiger partial charge in [-0.15, -0.1) is 0 Å². The Morgan fingerprint density at radius 3 is 2.43 bits per heavy atom. The monoisotopic (exact) mass is 430 g/mol. The first kappa shape index (κ1) is 16.3. The van der Waals surface area contributed by atoms with Crippen LogP contribution in [0.1, 0.15) is 0 Å². The molecule has 1 N–H and O–H groups in total. The number of anilines is 2. The number of nitrogens with zero attached hydrogens (tertiary/aromatic N) is 3. The van der Waals surface area contributed by atoms with E-state index in [0.29, 0.717) is 17.6 Å². The maximum atomic E-state index is 12.2. The van der Waals surface area contributed by atoms with E-state index in [1.165, 1.54) is 0 Å². The van der Waals surface area contributed by atoms with Crippen LogP contribution in [0.15, 0.2) is 16.9 Å². The molecular formula is C15H19IN4O3. The van der Waals surface area contributed by atoms with Gasteiger partial charge in [-0.2, -0.15) is 0 Å². The maximum Gasteiger partial charge on any atom is 0.328 e. The zero-order valence-corrected chi connectivity index (χ0v) is 15.3. The molecule has 8 heteroatoms. The third-order valence-corrected chi connectivity index (χ3v) is 4.83. The average Bonchev–Trinajstić information content (AvgIpc) is 2.79. The highest BCUT2D eigenvalue weighted by Crippen LogP contribution is 2.31. The van der Waals surface area contributed by atoms with Crippen LogP contribution >= 0.6 is 22.6 Å². The number of rotatable bonds is 3. The zero-order chi connectivity index (χ0) is 16.6. The highest BCUT2D eigenvalue weighted by molar-refractivity contribution is 14.1. The molecule has 0 aliphatic carbocycles. The maximum absolute atomic E-state index is 12.2. The molecule has 23 heavy (non-hydrogen) atoms. The van der Waals surface area contributed by atoms with E-state index < -0.39 is 0 Å². The van der Waals surface area contributed by atoms with Crippen molar-refractivity contribution in [3.63, 3.8) is 0 Å². The van der Waals surface area contributed by atoms with Gasteiger partial charge in [0.15, 0.2) is 0 Å². The van der Waals surface area contributed by atoms with E-state index >= 15 is 0 Å². The molecule has 1 aliphatic heterocycles. The largest absolute Gasteiger partial charge is 0.378 e. The van der Waals surface area contributed by atoms with Crippen molar-refractivity contribution in [3.8, 4) is 0 Å². The van der Waals surface area contributed by atoms with Gasteiger partial charge in [-0.25, -0.2) is 4.79 Å². The molecule has 124 valence electrons. The topological polar surface area (TPSA) is 68.5 Å². The van der Waals surface area contributed by atoms with Gasteiger partial charge in [-0.05, 0) is 12.1 Å². The summed E-state index contributed by atoms with van der Waals surface area (Å²) in [4.78, 5) is 26.2. The fraction of sp³-hybridized carbons (Fsp3) is 0.467. The van der Waals surface area contributed by atoms with E-state index in [1.807, 2.05) is 34.7 Å². The van der Waals surface area contributed by atoms with Gasteiger partial charge in [0, 0.05) is 27.2 Å². The number of ether oxygens (including phenoxy) is 1. The van der Waals surface area contributed by atoms with Crippen molar-refractivity contribution in [2.24, 2.45) is 14.1 Å². The Kier molecular flexibility index (Phi) is 4.62. The minimum Gasteiger partial charge on any atom is -0.378 e. The molecule has 0 bridgehead atoms. The second kappa shape index (κ2) is 6.52. The lowest BCUT2D eigenvalue weighted by Gasteiger charge is -2.30. The van der Waals surface area contributed by atoms with Crippen molar-refractivity contribution >= 4 is 50.9 Å². The number of fused-ring (bicyclic) bond motifs is 1. The van der Waals surface area contributed by atoms with E-state index in [1.54, 1.807) is 23.2 Å². The van der Waals surface area contributed by atoms with Crippen molar-refractivity contribution in [2.75, 3.05) is 40.9 Å². The Bertz CT molecular complexity index is 805. The first-order chi connectivity index (χ1) is 11.0. The van der Waals surface area contributed by atoms with Crippen molar-refractivity contribution in [1.29, 1.82) is 0 Å². The summed E-state index contributed by atoms with van der Waals surface area (Å²) in [5.74, 6) is -0.0552. The summed E-state index contributed by atoms with van der Waals surface area (Å²) in [6, 6.07) is 3.86. The first-order valence-electron chi connectivity index (χ1n) is 7.41. The fourth-order valence-electron chi connectivity index (χ4n) is 2.88. The highest BCUT2D eigenvalue weighted by Gasteiger charge is 2.19. The Hall–Kier alpha value is -1.55. The normalized spacial score (nSPS) is 15.2. The van der Waals surface area contributed by atoms with Gasteiger partial charge < -0.3 is 15.0 Å². The van der Waals surface area contributed by atoms with Crippen molar-refractivity contribution < 1.29 is 9.53 Å². The fourth-order valence-corrected chi connectivity index (χ4v) is 3.07. The lowest BCUT2D eigenvalue weighted by Crippen LogP contribution is -2.36. The average molecular weight is 430 g/mol. The molecule has 1 aliphatic rings. The molecule has 3 rings (SSSR count). The van der Waals surface area contributed by atoms with Crippen LogP contribution in [0.25, 0.3) is 11.0 Å². The van der Waals surface area contributed by atoms with Crippen LogP contribution < -0.4 is 15.9 Å². The summed E-state index contributed by atoms with van der Waals surface area (Å²) in [6.07, 6.45) is 0. The van der Waals surface area contributed by atoms with E-state index in [-0.39, 0.29) is 11.6 Å². The van der Waals surface area contributed by atoms with E-state index in [2.05, 4.69) is 10.2 Å². The predicted octanol–water partition coefficient (Wildman–Crippen LogP) is 1.09. The number of aromatic nitrogens is 2. The minimum atomic E-state index is -0.0784. The third-order valence-electron chi connectivity index (χ3n) is 4.14. The van der Waals surface area contributed by atoms with E-state index in [9.17, 15) is 9.59 Å².